The van der Waals surface area contributed by atoms with E-state index >= 15 is 0 Å². The Morgan fingerprint density at radius 3 is 2.30 bits per heavy atom. The van der Waals surface area contributed by atoms with E-state index in [4.69, 9.17) is 9.47 Å². The lowest BCUT2D eigenvalue weighted by Crippen LogP contribution is -2.45. The molecule has 0 aromatic carbocycles. The van der Waals surface area contributed by atoms with Crippen molar-refractivity contribution >= 4 is 11.7 Å². The molecule has 0 N–H and O–H groups in total. The van der Waals surface area contributed by atoms with Crippen LogP contribution in [0.25, 0.3) is 0 Å². The van der Waals surface area contributed by atoms with Gasteiger partial charge < -0.3 is 19.3 Å². The Morgan fingerprint density at radius 2 is 1.70 bits per heavy atom. The van der Waals surface area contributed by atoms with Crippen LogP contribution in [-0.2, 0) is 9.47 Å². The summed E-state index contributed by atoms with van der Waals surface area (Å²) in [6.07, 6.45) is 7.14. The highest BCUT2D eigenvalue weighted by Crippen LogP contribution is 2.32. The predicted molar refractivity (Wildman–Crippen MR) is 83.3 cm³/mol. The molecule has 7 heteroatoms. The number of piperidine rings is 1. The number of amides is 1. The fraction of sp³-hybridized carbons (Fsp3) is 0.688. The number of carbonyl (C=O) groups excluding carboxylic acids is 1. The molecule has 0 radical (unpaired) electrons. The largest absolute Gasteiger partial charge is 0.355 e. The number of rotatable bonds is 2. The van der Waals surface area contributed by atoms with Crippen molar-refractivity contribution in [1.82, 2.24) is 14.9 Å². The number of anilines is 1. The fourth-order valence-electron chi connectivity index (χ4n) is 3.54. The van der Waals surface area contributed by atoms with Crippen LogP contribution >= 0.6 is 0 Å². The average Bonchev–Trinajstić information content (AvgIpc) is 3.28. The highest BCUT2D eigenvalue weighted by Gasteiger charge is 2.40. The van der Waals surface area contributed by atoms with E-state index in [0.717, 1.165) is 57.7 Å². The molecule has 4 heterocycles. The topological polar surface area (TPSA) is 67.8 Å². The maximum Gasteiger partial charge on any atom is 0.274 e. The van der Waals surface area contributed by atoms with Gasteiger partial charge in [-0.15, -0.1) is 0 Å². The number of hydrogen-bond acceptors (Lipinski definition) is 6. The predicted octanol–water partition coefficient (Wildman–Crippen LogP) is 1.06. The van der Waals surface area contributed by atoms with Gasteiger partial charge in [-0.25, -0.2) is 9.97 Å². The van der Waals surface area contributed by atoms with Gasteiger partial charge in [0.25, 0.3) is 5.91 Å². The molecule has 7 nitrogen and oxygen atoms in total. The highest BCUT2D eigenvalue weighted by molar-refractivity contribution is 5.92. The molecule has 1 spiro atoms. The molecule has 0 aliphatic carbocycles. The van der Waals surface area contributed by atoms with Gasteiger partial charge in [0.1, 0.15) is 11.5 Å². The van der Waals surface area contributed by atoms with Gasteiger partial charge in [-0.2, -0.15) is 0 Å². The quantitative estimate of drug-likeness (QED) is 0.812. The van der Waals surface area contributed by atoms with Gasteiger partial charge in [0.15, 0.2) is 5.79 Å². The zero-order chi connectivity index (χ0) is 15.7. The fourth-order valence-corrected chi connectivity index (χ4v) is 3.54. The first-order valence-electron chi connectivity index (χ1n) is 8.40. The molecule has 0 bridgehead atoms. The molecule has 0 unspecified atom stereocenters. The summed E-state index contributed by atoms with van der Waals surface area (Å²) in [5, 5.41) is 0. The van der Waals surface area contributed by atoms with Gasteiger partial charge in [-0.1, -0.05) is 0 Å². The van der Waals surface area contributed by atoms with Gasteiger partial charge in [-0.05, 0) is 12.8 Å². The van der Waals surface area contributed by atoms with Crippen molar-refractivity contribution in [2.45, 2.75) is 31.5 Å². The molecule has 1 aromatic heterocycles. The van der Waals surface area contributed by atoms with Crippen molar-refractivity contribution in [3.8, 4) is 0 Å². The highest BCUT2D eigenvalue weighted by atomic mass is 16.7. The molecule has 4 rings (SSSR count). The van der Waals surface area contributed by atoms with Crippen molar-refractivity contribution in [3.05, 3.63) is 18.1 Å². The van der Waals surface area contributed by atoms with Gasteiger partial charge in [0, 0.05) is 39.0 Å². The van der Waals surface area contributed by atoms with E-state index in [0.29, 0.717) is 18.9 Å². The van der Waals surface area contributed by atoms with E-state index in [1.54, 1.807) is 12.4 Å². The molecule has 3 aliphatic rings. The molecule has 3 fully saturated rings. The Labute approximate surface area is 135 Å². The van der Waals surface area contributed by atoms with E-state index < -0.39 is 0 Å². The Bertz CT molecular complexity index is 555. The Hall–Kier alpha value is -1.73. The summed E-state index contributed by atoms with van der Waals surface area (Å²) in [5.41, 5.74) is 0.437. The standard InChI is InChI=1S/C16H22N4O3/c21-15(20-5-1-2-6-20)13-11-18-14(12-17-13)19-7-3-16(4-8-19)22-9-10-23-16/h11-12H,1-10H2. The molecular formula is C16H22N4O3. The first-order valence-corrected chi connectivity index (χ1v) is 8.40. The van der Waals surface area contributed by atoms with Crippen molar-refractivity contribution in [2.75, 3.05) is 44.3 Å². The minimum atomic E-state index is -0.379. The van der Waals surface area contributed by atoms with Crippen LogP contribution in [0, 0.1) is 0 Å². The normalized spacial score (nSPS) is 23.7. The number of hydrogen-bond donors (Lipinski definition) is 0. The van der Waals surface area contributed by atoms with E-state index in [9.17, 15) is 4.79 Å². The smallest absolute Gasteiger partial charge is 0.274 e. The van der Waals surface area contributed by atoms with Crippen molar-refractivity contribution in [1.29, 1.82) is 0 Å². The summed E-state index contributed by atoms with van der Waals surface area (Å²) in [4.78, 5) is 25.1. The monoisotopic (exact) mass is 318 g/mol. The summed E-state index contributed by atoms with van der Waals surface area (Å²) < 4.78 is 11.5. The van der Waals surface area contributed by atoms with Crippen LogP contribution in [0.3, 0.4) is 0 Å². The van der Waals surface area contributed by atoms with Crippen LogP contribution in [0.1, 0.15) is 36.2 Å². The SMILES string of the molecule is O=C(c1cnc(N2CCC3(CC2)OCCO3)cn1)N1CCCC1. The van der Waals surface area contributed by atoms with Gasteiger partial charge in [0.2, 0.25) is 0 Å². The maximum atomic E-state index is 12.3. The van der Waals surface area contributed by atoms with Crippen molar-refractivity contribution < 1.29 is 14.3 Å². The number of aromatic nitrogens is 2. The average molecular weight is 318 g/mol. The molecule has 1 aromatic rings. The second-order valence-corrected chi connectivity index (χ2v) is 6.35. The lowest BCUT2D eigenvalue weighted by atomic mass is 10.0. The van der Waals surface area contributed by atoms with E-state index in [2.05, 4.69) is 14.9 Å². The molecule has 0 saturated carbocycles. The molecule has 3 saturated heterocycles. The van der Waals surface area contributed by atoms with Crippen LogP contribution in [0.4, 0.5) is 5.82 Å². The van der Waals surface area contributed by atoms with E-state index in [1.807, 2.05) is 4.90 Å². The maximum absolute atomic E-state index is 12.3. The third kappa shape index (κ3) is 2.90. The number of nitrogens with zero attached hydrogens (tertiary/aromatic N) is 4. The van der Waals surface area contributed by atoms with Gasteiger partial charge in [-0.3, -0.25) is 4.79 Å². The molecule has 1 amide bonds. The molecule has 3 aliphatic heterocycles. The Kier molecular flexibility index (Phi) is 3.90. The summed E-state index contributed by atoms with van der Waals surface area (Å²) in [5.74, 6) is 0.429. The number of carbonyl (C=O) groups is 1. The summed E-state index contributed by atoms with van der Waals surface area (Å²) in [6.45, 7) is 4.69. The van der Waals surface area contributed by atoms with Crippen LogP contribution in [0.2, 0.25) is 0 Å². The zero-order valence-electron chi connectivity index (χ0n) is 13.2. The number of ether oxygens (including phenoxy) is 2. The van der Waals surface area contributed by atoms with Crippen LogP contribution < -0.4 is 4.90 Å². The third-order valence-electron chi connectivity index (χ3n) is 4.91. The number of likely N-dealkylation sites (tertiary alicyclic amines) is 1. The van der Waals surface area contributed by atoms with E-state index in [1.165, 1.54) is 0 Å². The second-order valence-electron chi connectivity index (χ2n) is 6.35. The van der Waals surface area contributed by atoms with Gasteiger partial charge in [0.05, 0.1) is 25.6 Å². The third-order valence-corrected chi connectivity index (χ3v) is 4.91. The Morgan fingerprint density at radius 1 is 1.00 bits per heavy atom. The van der Waals surface area contributed by atoms with E-state index in [-0.39, 0.29) is 11.7 Å². The van der Waals surface area contributed by atoms with Crippen molar-refractivity contribution in [2.24, 2.45) is 0 Å². The first-order chi connectivity index (χ1) is 11.3. The molecule has 23 heavy (non-hydrogen) atoms. The van der Waals surface area contributed by atoms with Gasteiger partial charge >= 0.3 is 0 Å². The van der Waals surface area contributed by atoms with Crippen LogP contribution in [0.5, 0.6) is 0 Å². The van der Waals surface area contributed by atoms with Crippen LogP contribution in [0.15, 0.2) is 12.4 Å². The molecule has 124 valence electrons. The van der Waals surface area contributed by atoms with Crippen molar-refractivity contribution in [3.63, 3.8) is 0 Å². The second kappa shape index (κ2) is 6.05. The lowest BCUT2D eigenvalue weighted by molar-refractivity contribution is -0.169. The lowest BCUT2D eigenvalue weighted by Gasteiger charge is -2.37. The Balaban J connectivity index is 1.39. The molecule has 0 atom stereocenters. The molecular weight excluding hydrogens is 296 g/mol. The summed E-state index contributed by atoms with van der Waals surface area (Å²) in [7, 11) is 0. The summed E-state index contributed by atoms with van der Waals surface area (Å²) >= 11 is 0. The summed E-state index contributed by atoms with van der Waals surface area (Å²) in [6, 6.07) is 0. The minimum absolute atomic E-state index is 0.00750. The minimum Gasteiger partial charge on any atom is -0.355 e. The van der Waals surface area contributed by atoms with Crippen LogP contribution in [-0.4, -0.2) is 66.0 Å². The zero-order valence-corrected chi connectivity index (χ0v) is 13.2. The first kappa shape index (κ1) is 14.8.